The van der Waals surface area contributed by atoms with Gasteiger partial charge in [-0.1, -0.05) is 58.6 Å². The third-order valence-corrected chi connectivity index (χ3v) is 8.37. The number of allylic oxidation sites excluding steroid dienone is 1. The highest BCUT2D eigenvalue weighted by atomic mass is 32.1. The summed E-state index contributed by atoms with van der Waals surface area (Å²) in [6.45, 7) is 9.35. The van der Waals surface area contributed by atoms with Gasteiger partial charge in [0.25, 0.3) is 0 Å². The quantitative estimate of drug-likeness (QED) is 0.241. The minimum atomic E-state index is -0.513. The molecule has 1 N–H and O–H groups in total. The summed E-state index contributed by atoms with van der Waals surface area (Å²) in [5.41, 5.74) is 2.12. The van der Waals surface area contributed by atoms with Crippen molar-refractivity contribution < 1.29 is 14.4 Å². The Kier molecular flexibility index (Phi) is 10.6. The molecule has 1 saturated carbocycles. The molecule has 1 aromatic heterocycles. The molecule has 1 amide bonds. The molecule has 198 valence electrons. The maximum absolute atomic E-state index is 13.5. The van der Waals surface area contributed by atoms with Crippen molar-refractivity contribution in [1.29, 1.82) is 5.26 Å². The molecule has 0 unspecified atom stereocenters. The van der Waals surface area contributed by atoms with E-state index in [1.165, 1.54) is 31.7 Å². The number of nitriles is 1. The number of benzene rings is 1. The maximum Gasteiger partial charge on any atom is 0.224 e. The van der Waals surface area contributed by atoms with E-state index in [4.69, 9.17) is 10.2 Å². The normalized spacial score (nSPS) is 15.8. The molecule has 1 aromatic carbocycles. The van der Waals surface area contributed by atoms with Gasteiger partial charge in [0.2, 0.25) is 5.91 Å². The first-order chi connectivity index (χ1) is 17.7. The molecule has 0 bridgehead atoms. The van der Waals surface area contributed by atoms with E-state index in [2.05, 4.69) is 37.9 Å². The Morgan fingerprint density at radius 1 is 1.22 bits per heavy atom. The third kappa shape index (κ3) is 8.60. The molecular formula is C30H39N3O3S. The first-order valence-electron chi connectivity index (χ1n) is 13.5. The number of ketones is 2. The molecule has 0 radical (unpaired) electrons. The topological polar surface area (TPSA) is 99.9 Å². The van der Waals surface area contributed by atoms with Gasteiger partial charge in [-0.3, -0.25) is 9.59 Å². The lowest BCUT2D eigenvalue weighted by molar-refractivity contribution is -0.129. The molecular weight excluding hydrogens is 482 g/mol. The fourth-order valence-electron chi connectivity index (χ4n) is 5.16. The smallest absolute Gasteiger partial charge is 0.224 e. The summed E-state index contributed by atoms with van der Waals surface area (Å²) < 4.78 is 1.09. The zero-order valence-electron chi connectivity index (χ0n) is 22.3. The van der Waals surface area contributed by atoms with Crippen molar-refractivity contribution in [3.05, 3.63) is 40.9 Å². The number of Topliss-reactive ketones (excluding diaryl/α,β-unsaturated/α-hetero) is 2. The third-order valence-electron chi connectivity index (χ3n) is 7.33. The summed E-state index contributed by atoms with van der Waals surface area (Å²) in [5, 5.41) is 13.0. The Morgan fingerprint density at radius 2 is 1.95 bits per heavy atom. The molecule has 0 saturated heterocycles. The minimum absolute atomic E-state index is 0.0346. The molecule has 7 heteroatoms. The molecule has 1 fully saturated rings. The Balaban J connectivity index is 1.74. The van der Waals surface area contributed by atoms with Crippen molar-refractivity contribution in [2.75, 3.05) is 0 Å². The van der Waals surface area contributed by atoms with Crippen molar-refractivity contribution in [2.45, 2.75) is 96.9 Å². The van der Waals surface area contributed by atoms with E-state index in [1.54, 1.807) is 11.3 Å². The number of hydrogen-bond donors (Lipinski definition) is 1. The Labute approximate surface area is 224 Å². The summed E-state index contributed by atoms with van der Waals surface area (Å²) in [6.07, 6.45) is 7.90. The highest BCUT2D eigenvalue weighted by Gasteiger charge is 2.27. The lowest BCUT2D eigenvalue weighted by Crippen LogP contribution is -2.41. The second kappa shape index (κ2) is 13.6. The van der Waals surface area contributed by atoms with Gasteiger partial charge in [-0.25, -0.2) is 4.98 Å². The average Bonchev–Trinajstić information content (AvgIpc) is 3.28. The fraction of sp³-hybridized carbons (Fsp3) is 0.567. The van der Waals surface area contributed by atoms with Crippen molar-refractivity contribution in [1.82, 2.24) is 10.3 Å². The number of aromatic nitrogens is 1. The number of amides is 1. The van der Waals surface area contributed by atoms with Gasteiger partial charge in [-0.15, -0.1) is 11.3 Å². The largest absolute Gasteiger partial charge is 0.353 e. The second-order valence-electron chi connectivity index (χ2n) is 10.8. The minimum Gasteiger partial charge on any atom is -0.353 e. The molecule has 1 heterocycles. The summed E-state index contributed by atoms with van der Waals surface area (Å²) in [4.78, 5) is 42.6. The van der Waals surface area contributed by atoms with Crippen LogP contribution in [0.1, 0.15) is 95.0 Å². The van der Waals surface area contributed by atoms with Crippen LogP contribution < -0.4 is 5.32 Å². The van der Waals surface area contributed by atoms with Gasteiger partial charge in [-0.2, -0.15) is 5.26 Å². The zero-order chi connectivity index (χ0) is 26.9. The van der Waals surface area contributed by atoms with Crippen LogP contribution in [0.3, 0.4) is 0 Å². The van der Waals surface area contributed by atoms with Crippen LogP contribution in [0.2, 0.25) is 0 Å². The predicted molar refractivity (Wildman–Crippen MR) is 148 cm³/mol. The van der Waals surface area contributed by atoms with Crippen LogP contribution in [0.25, 0.3) is 10.2 Å². The second-order valence-corrected chi connectivity index (χ2v) is 11.9. The number of carbonyl (C=O) groups is 3. The van der Waals surface area contributed by atoms with Crippen LogP contribution in [0.4, 0.5) is 0 Å². The first kappa shape index (κ1) is 28.7. The molecule has 37 heavy (non-hydrogen) atoms. The van der Waals surface area contributed by atoms with Crippen molar-refractivity contribution >= 4 is 39.0 Å². The molecule has 2 aromatic rings. The summed E-state index contributed by atoms with van der Waals surface area (Å²) in [7, 11) is 0. The van der Waals surface area contributed by atoms with E-state index in [-0.39, 0.29) is 41.9 Å². The monoisotopic (exact) mass is 521 g/mol. The van der Waals surface area contributed by atoms with E-state index in [0.717, 1.165) is 34.5 Å². The first-order valence-corrected chi connectivity index (χ1v) is 14.3. The molecule has 3 rings (SSSR count). The van der Waals surface area contributed by atoms with E-state index in [1.807, 2.05) is 12.1 Å². The van der Waals surface area contributed by atoms with Crippen LogP contribution in [-0.2, 0) is 20.8 Å². The summed E-state index contributed by atoms with van der Waals surface area (Å²) in [6, 6.07) is 7.92. The highest BCUT2D eigenvalue weighted by molar-refractivity contribution is 7.18. The molecule has 1 aliphatic rings. The fourth-order valence-corrected chi connectivity index (χ4v) is 6.26. The average molecular weight is 522 g/mol. The number of hydrogen-bond acceptors (Lipinski definition) is 6. The summed E-state index contributed by atoms with van der Waals surface area (Å²) >= 11 is 1.58. The number of rotatable bonds is 13. The number of fused-ring (bicyclic) bond motifs is 1. The van der Waals surface area contributed by atoms with Gasteiger partial charge in [0, 0.05) is 25.3 Å². The molecule has 0 spiro atoms. The molecule has 6 nitrogen and oxygen atoms in total. The van der Waals surface area contributed by atoms with Crippen LogP contribution in [0, 0.1) is 23.2 Å². The number of carbonyl (C=O) groups excluding carboxylic acids is 3. The number of nitrogens with zero attached hydrogens (tertiary/aromatic N) is 2. The number of thiazole rings is 1. The Morgan fingerprint density at radius 3 is 2.59 bits per heavy atom. The van der Waals surface area contributed by atoms with Crippen molar-refractivity contribution in [2.24, 2.45) is 11.8 Å². The lowest BCUT2D eigenvalue weighted by Gasteiger charge is -2.28. The van der Waals surface area contributed by atoms with Crippen LogP contribution in [-0.4, -0.2) is 28.5 Å². The van der Waals surface area contributed by atoms with Gasteiger partial charge in [-0.05, 0) is 49.3 Å². The Hall–Kier alpha value is -2.85. The van der Waals surface area contributed by atoms with Gasteiger partial charge in [0.15, 0.2) is 5.78 Å². The van der Waals surface area contributed by atoms with E-state index < -0.39 is 5.92 Å². The highest BCUT2D eigenvalue weighted by Crippen LogP contribution is 2.30. The Bertz CT molecular complexity index is 1170. The van der Waals surface area contributed by atoms with E-state index in [9.17, 15) is 14.4 Å². The molecule has 0 aliphatic heterocycles. The zero-order valence-corrected chi connectivity index (χ0v) is 23.2. The molecule has 1 aliphatic carbocycles. The van der Waals surface area contributed by atoms with Gasteiger partial charge < -0.3 is 10.1 Å². The van der Waals surface area contributed by atoms with Crippen molar-refractivity contribution in [3.8, 4) is 6.07 Å². The van der Waals surface area contributed by atoms with Crippen LogP contribution in [0.5, 0.6) is 0 Å². The maximum atomic E-state index is 13.5. The predicted octanol–water partition coefficient (Wildman–Crippen LogP) is 6.44. The number of nitrogens with one attached hydrogen (secondary N) is 1. The van der Waals surface area contributed by atoms with E-state index >= 15 is 0 Å². The van der Waals surface area contributed by atoms with Crippen molar-refractivity contribution in [3.63, 3.8) is 0 Å². The lowest BCUT2D eigenvalue weighted by atomic mass is 9.83. The van der Waals surface area contributed by atoms with Gasteiger partial charge in [0.05, 0.1) is 26.7 Å². The standard InChI is InChI=1S/C30H39N3O3S/c1-19(2)23-10-12-26-28(16-23)37-29(33-26)17-24(14-21(4)34)30(36)32-25(11-13-27(35)20(3)18-31)15-22-8-6-5-7-9-22/h10,12,16,19,22,24-25H,3,5-9,11,13-15,17H2,1-2,4H3,(H,32,36)/t24-,25+/m0/s1. The van der Waals surface area contributed by atoms with E-state index in [0.29, 0.717) is 24.7 Å². The summed E-state index contributed by atoms with van der Waals surface area (Å²) in [5.74, 6) is -0.0527. The SMILES string of the molecule is C=C(C#N)C(=O)CC[C@H](CC1CCCCC1)NC(=O)[C@@H](CC(C)=O)Cc1nc2ccc(C(C)C)cc2s1. The molecule has 2 atom stereocenters. The van der Waals surface area contributed by atoms with Gasteiger partial charge in [0.1, 0.15) is 11.9 Å². The van der Waals surface area contributed by atoms with Crippen LogP contribution >= 0.6 is 11.3 Å². The van der Waals surface area contributed by atoms with Gasteiger partial charge >= 0.3 is 0 Å². The van der Waals surface area contributed by atoms with Crippen LogP contribution in [0.15, 0.2) is 30.4 Å².